The molecule has 0 bridgehead atoms. The van der Waals surface area contributed by atoms with E-state index in [4.69, 9.17) is 23.2 Å². The summed E-state index contributed by atoms with van der Waals surface area (Å²) in [7, 11) is 0. The summed E-state index contributed by atoms with van der Waals surface area (Å²) in [5.41, 5.74) is 2.43. The molecule has 1 nitrogen and oxygen atoms in total. The van der Waals surface area contributed by atoms with Crippen LogP contribution in [0.2, 0.25) is 10.0 Å². The van der Waals surface area contributed by atoms with E-state index >= 15 is 0 Å². The third-order valence-electron chi connectivity index (χ3n) is 3.11. The second kappa shape index (κ2) is 5.66. The van der Waals surface area contributed by atoms with Crippen LogP contribution in [-0.2, 0) is 6.42 Å². The van der Waals surface area contributed by atoms with Gasteiger partial charge in [-0.1, -0.05) is 41.4 Å². The molecule has 1 heterocycles. The minimum atomic E-state index is 0.565. The van der Waals surface area contributed by atoms with Gasteiger partial charge >= 0.3 is 0 Å². The van der Waals surface area contributed by atoms with Gasteiger partial charge < -0.3 is 5.32 Å². The van der Waals surface area contributed by atoms with E-state index in [1.165, 1.54) is 10.5 Å². The largest absolute Gasteiger partial charge is 0.384 e. The van der Waals surface area contributed by atoms with E-state index in [1.54, 1.807) is 6.07 Å². The predicted molar refractivity (Wildman–Crippen MR) is 84.7 cm³/mol. The highest BCUT2D eigenvalue weighted by Crippen LogP contribution is 2.36. The molecule has 2 aromatic rings. The first-order chi connectivity index (χ1) is 9.20. The Hall–Kier alpha value is -0.830. The van der Waals surface area contributed by atoms with E-state index in [2.05, 4.69) is 29.6 Å². The van der Waals surface area contributed by atoms with Crippen molar-refractivity contribution >= 4 is 40.7 Å². The highest BCUT2D eigenvalue weighted by atomic mass is 35.5. The van der Waals surface area contributed by atoms with Crippen LogP contribution in [-0.4, -0.2) is 11.8 Å². The maximum Gasteiger partial charge on any atom is 0.0441 e. The molecule has 98 valence electrons. The van der Waals surface area contributed by atoms with Gasteiger partial charge in [0, 0.05) is 32.4 Å². The van der Waals surface area contributed by atoms with Gasteiger partial charge in [-0.2, -0.15) is 0 Å². The van der Waals surface area contributed by atoms with Crippen LogP contribution in [0.15, 0.2) is 47.4 Å². The molecule has 0 radical (unpaired) electrons. The molecule has 0 fully saturated rings. The Kier molecular flexibility index (Phi) is 3.92. The van der Waals surface area contributed by atoms with Gasteiger partial charge in [0.05, 0.1) is 0 Å². The van der Waals surface area contributed by atoms with Gasteiger partial charge in [-0.15, -0.1) is 11.8 Å². The van der Waals surface area contributed by atoms with Crippen LogP contribution in [0.25, 0.3) is 0 Å². The number of fused-ring (bicyclic) bond motifs is 1. The first kappa shape index (κ1) is 13.2. The average molecular weight is 310 g/mol. The third-order valence-corrected chi connectivity index (χ3v) is 4.87. The molecule has 0 saturated carbocycles. The summed E-state index contributed by atoms with van der Waals surface area (Å²) in [5, 5.41) is 5.31. The molecule has 1 atom stereocenters. The Bertz CT molecular complexity index is 555. The Balaban J connectivity index is 1.62. The molecule has 1 aliphatic rings. The maximum absolute atomic E-state index is 5.99. The lowest BCUT2D eigenvalue weighted by molar-refractivity contribution is 0.899. The number of hydrogen-bond acceptors (Lipinski definition) is 2. The fourth-order valence-corrected chi connectivity index (χ4v) is 4.03. The van der Waals surface area contributed by atoms with Crippen LogP contribution in [0.5, 0.6) is 0 Å². The molecular formula is C15H13Cl2NS. The standard InChI is InChI=1S/C15H13Cl2NS/c16-11-6-12(17)8-13(7-11)18-9-14-5-10-3-1-2-4-15(10)19-14/h1-4,6-8,14,18H,5,9H2. The van der Waals surface area contributed by atoms with Crippen LogP contribution in [0.4, 0.5) is 5.69 Å². The zero-order valence-electron chi connectivity index (χ0n) is 10.2. The molecule has 0 saturated heterocycles. The topological polar surface area (TPSA) is 12.0 Å². The predicted octanol–water partition coefficient (Wildman–Crippen LogP) is 5.12. The summed E-state index contributed by atoms with van der Waals surface area (Å²) in [6.45, 7) is 0.913. The van der Waals surface area contributed by atoms with Crippen molar-refractivity contribution < 1.29 is 0 Å². The molecule has 1 aliphatic heterocycles. The van der Waals surface area contributed by atoms with Gasteiger partial charge in [-0.3, -0.25) is 0 Å². The zero-order chi connectivity index (χ0) is 13.2. The number of benzene rings is 2. The van der Waals surface area contributed by atoms with Gasteiger partial charge in [0.25, 0.3) is 0 Å². The van der Waals surface area contributed by atoms with E-state index in [-0.39, 0.29) is 0 Å². The van der Waals surface area contributed by atoms with Crippen molar-refractivity contribution in [1.29, 1.82) is 0 Å². The monoisotopic (exact) mass is 309 g/mol. The average Bonchev–Trinajstić information content (AvgIpc) is 2.78. The van der Waals surface area contributed by atoms with Crippen LogP contribution < -0.4 is 5.32 Å². The van der Waals surface area contributed by atoms with Crippen LogP contribution in [0, 0.1) is 0 Å². The van der Waals surface area contributed by atoms with Gasteiger partial charge in [-0.05, 0) is 36.2 Å². The summed E-state index contributed by atoms with van der Waals surface area (Å²) in [4.78, 5) is 1.40. The SMILES string of the molecule is Clc1cc(Cl)cc(NCC2Cc3ccccc3S2)c1. The highest BCUT2D eigenvalue weighted by Gasteiger charge is 2.21. The molecule has 0 spiro atoms. The summed E-state index contributed by atoms with van der Waals surface area (Å²) >= 11 is 13.9. The third kappa shape index (κ3) is 3.19. The van der Waals surface area contributed by atoms with Crippen molar-refractivity contribution in [2.24, 2.45) is 0 Å². The number of rotatable bonds is 3. The van der Waals surface area contributed by atoms with Gasteiger partial charge in [0.15, 0.2) is 0 Å². The van der Waals surface area contributed by atoms with E-state index in [9.17, 15) is 0 Å². The van der Waals surface area contributed by atoms with Crippen molar-refractivity contribution in [3.63, 3.8) is 0 Å². The summed E-state index contributed by atoms with van der Waals surface area (Å²) in [6, 6.07) is 14.1. The van der Waals surface area contributed by atoms with Crippen LogP contribution in [0.3, 0.4) is 0 Å². The molecule has 1 N–H and O–H groups in total. The summed E-state index contributed by atoms with van der Waals surface area (Å²) < 4.78 is 0. The number of anilines is 1. The van der Waals surface area contributed by atoms with E-state index < -0.39 is 0 Å². The number of nitrogens with one attached hydrogen (secondary N) is 1. The van der Waals surface area contributed by atoms with Gasteiger partial charge in [-0.25, -0.2) is 0 Å². The van der Waals surface area contributed by atoms with Gasteiger partial charge in [0.2, 0.25) is 0 Å². The maximum atomic E-state index is 5.99. The molecule has 1 unspecified atom stereocenters. The van der Waals surface area contributed by atoms with Crippen molar-refractivity contribution in [3.8, 4) is 0 Å². The summed E-state index contributed by atoms with van der Waals surface area (Å²) in [5.74, 6) is 0. The smallest absolute Gasteiger partial charge is 0.0441 e. The first-order valence-electron chi connectivity index (χ1n) is 6.15. The van der Waals surface area contributed by atoms with Crippen molar-refractivity contribution in [3.05, 3.63) is 58.1 Å². The zero-order valence-corrected chi connectivity index (χ0v) is 12.5. The lowest BCUT2D eigenvalue weighted by Gasteiger charge is -2.12. The highest BCUT2D eigenvalue weighted by molar-refractivity contribution is 8.00. The van der Waals surface area contributed by atoms with Crippen LogP contribution in [0.1, 0.15) is 5.56 Å². The Morgan fingerprint density at radius 3 is 2.58 bits per heavy atom. The van der Waals surface area contributed by atoms with Crippen molar-refractivity contribution in [2.45, 2.75) is 16.6 Å². The number of thioether (sulfide) groups is 1. The van der Waals surface area contributed by atoms with Crippen LogP contribution >= 0.6 is 35.0 Å². The van der Waals surface area contributed by atoms with E-state index in [1.807, 2.05) is 23.9 Å². The van der Waals surface area contributed by atoms with Crippen molar-refractivity contribution in [2.75, 3.05) is 11.9 Å². The second-order valence-electron chi connectivity index (χ2n) is 4.59. The fourth-order valence-electron chi connectivity index (χ4n) is 2.26. The molecule has 0 aliphatic carbocycles. The molecule has 2 aromatic carbocycles. The minimum absolute atomic E-state index is 0.565. The molecule has 4 heteroatoms. The molecule has 0 aromatic heterocycles. The molecule has 19 heavy (non-hydrogen) atoms. The van der Waals surface area contributed by atoms with E-state index in [0.717, 1.165) is 18.7 Å². The Morgan fingerprint density at radius 2 is 1.84 bits per heavy atom. The second-order valence-corrected chi connectivity index (χ2v) is 6.81. The quantitative estimate of drug-likeness (QED) is 0.844. The lowest BCUT2D eigenvalue weighted by atomic mass is 10.1. The van der Waals surface area contributed by atoms with E-state index in [0.29, 0.717) is 15.3 Å². The first-order valence-corrected chi connectivity index (χ1v) is 7.79. The van der Waals surface area contributed by atoms with Crippen molar-refractivity contribution in [1.82, 2.24) is 0 Å². The molecule has 0 amide bonds. The number of halogens is 2. The summed E-state index contributed by atoms with van der Waals surface area (Å²) in [6.07, 6.45) is 1.11. The minimum Gasteiger partial charge on any atom is -0.384 e. The molecule has 3 rings (SSSR count). The normalized spacial score (nSPS) is 17.3. The lowest BCUT2D eigenvalue weighted by Crippen LogP contribution is -2.15. The fraction of sp³-hybridized carbons (Fsp3) is 0.200. The molecular weight excluding hydrogens is 297 g/mol. The van der Waals surface area contributed by atoms with Gasteiger partial charge in [0.1, 0.15) is 0 Å². The number of hydrogen-bond donors (Lipinski definition) is 1. The Morgan fingerprint density at radius 1 is 1.11 bits per heavy atom. The Labute approximate surface area is 127 Å².